The third kappa shape index (κ3) is 5.98. The number of aromatic nitrogens is 2. The van der Waals surface area contributed by atoms with Crippen molar-refractivity contribution in [3.63, 3.8) is 0 Å². The number of carbonyl (C=O) groups excluding carboxylic acids is 1. The van der Waals surface area contributed by atoms with Gasteiger partial charge in [-0.3, -0.25) is 14.3 Å². The average molecular weight is 576 g/mol. The van der Waals surface area contributed by atoms with Crippen LogP contribution >= 0.6 is 0 Å². The van der Waals surface area contributed by atoms with E-state index in [0.29, 0.717) is 31.5 Å². The van der Waals surface area contributed by atoms with Crippen molar-refractivity contribution in [2.45, 2.75) is 44.4 Å². The zero-order valence-corrected chi connectivity index (χ0v) is 22.1. The lowest BCUT2D eigenvalue weighted by atomic mass is 10.1. The van der Waals surface area contributed by atoms with Crippen molar-refractivity contribution in [1.29, 1.82) is 0 Å². The molecule has 0 bridgehead atoms. The quantitative estimate of drug-likeness (QED) is 0.411. The van der Waals surface area contributed by atoms with Gasteiger partial charge < -0.3 is 20.8 Å². The molecule has 0 saturated carbocycles. The second-order valence-electron chi connectivity index (χ2n) is 10.0. The van der Waals surface area contributed by atoms with Crippen molar-refractivity contribution in [3.8, 4) is 0 Å². The Balaban J connectivity index is 1.60. The topological polar surface area (TPSA) is 109 Å². The number of carbonyl (C=O) groups is 1. The fourth-order valence-electron chi connectivity index (χ4n) is 5.04. The van der Waals surface area contributed by atoms with Gasteiger partial charge in [-0.1, -0.05) is 42.5 Å². The first-order chi connectivity index (χ1) is 19.5. The van der Waals surface area contributed by atoms with Gasteiger partial charge in [-0.05, 0) is 36.1 Å². The first-order valence-corrected chi connectivity index (χ1v) is 13.0. The summed E-state index contributed by atoms with van der Waals surface area (Å²) < 4.78 is 54.9. The first-order valence-electron chi connectivity index (χ1n) is 13.0. The molecule has 2 unspecified atom stereocenters. The molecular formula is C27H29F4N7O3. The highest BCUT2D eigenvalue weighted by atomic mass is 19.4. The number of alkyl halides is 3. The molecule has 0 amide bonds. The van der Waals surface area contributed by atoms with E-state index in [1.165, 1.54) is 23.7 Å². The van der Waals surface area contributed by atoms with Crippen LogP contribution in [0.1, 0.15) is 24.0 Å². The molecule has 1 fully saturated rings. The van der Waals surface area contributed by atoms with E-state index in [2.05, 4.69) is 10.3 Å². The Morgan fingerprint density at radius 3 is 2.49 bits per heavy atom. The van der Waals surface area contributed by atoms with Crippen molar-refractivity contribution in [1.82, 2.24) is 14.5 Å². The van der Waals surface area contributed by atoms with Gasteiger partial charge in [-0.25, -0.2) is 9.18 Å². The summed E-state index contributed by atoms with van der Waals surface area (Å²) in [5.41, 5.74) is 7.07. The van der Waals surface area contributed by atoms with Crippen LogP contribution in [0.4, 0.5) is 35.0 Å². The highest BCUT2D eigenvalue weighted by Crippen LogP contribution is 2.40. The van der Waals surface area contributed by atoms with Gasteiger partial charge >= 0.3 is 12.1 Å². The third-order valence-electron chi connectivity index (χ3n) is 7.02. The minimum absolute atomic E-state index is 0.0155. The lowest BCUT2D eigenvalue weighted by Crippen LogP contribution is -2.60. The molecular weight excluding hydrogens is 546 g/mol. The predicted molar refractivity (Wildman–Crippen MR) is 143 cm³/mol. The van der Waals surface area contributed by atoms with Crippen LogP contribution in [0, 0.1) is 5.82 Å². The van der Waals surface area contributed by atoms with Crippen LogP contribution < -0.4 is 26.6 Å². The summed E-state index contributed by atoms with van der Waals surface area (Å²) >= 11 is 0. The number of nitrogens with two attached hydrogens (primary N) is 1. The van der Waals surface area contributed by atoms with Gasteiger partial charge in [0.05, 0.1) is 0 Å². The molecule has 14 heteroatoms. The van der Waals surface area contributed by atoms with Gasteiger partial charge in [-0.2, -0.15) is 18.2 Å². The lowest BCUT2D eigenvalue weighted by Gasteiger charge is -2.42. The van der Waals surface area contributed by atoms with Crippen LogP contribution in [-0.2, 0) is 29.8 Å². The zero-order chi connectivity index (χ0) is 29.3. The van der Waals surface area contributed by atoms with Gasteiger partial charge in [0, 0.05) is 39.3 Å². The minimum atomic E-state index is -5.29. The number of fused-ring (bicyclic) bond motifs is 1. The number of hydrogen-bond acceptors (Lipinski definition) is 9. The van der Waals surface area contributed by atoms with Gasteiger partial charge in [-0.15, -0.1) is 5.06 Å². The molecule has 1 saturated heterocycles. The van der Waals surface area contributed by atoms with Crippen LogP contribution in [0.2, 0.25) is 0 Å². The Kier molecular flexibility index (Phi) is 7.87. The molecule has 2 aliphatic rings. The maximum Gasteiger partial charge on any atom is 0.493 e. The molecule has 41 heavy (non-hydrogen) atoms. The molecule has 5 rings (SSSR count). The molecule has 2 atom stereocenters. The average Bonchev–Trinajstić information content (AvgIpc) is 3.23. The van der Waals surface area contributed by atoms with E-state index in [1.807, 2.05) is 18.2 Å². The molecule has 3 N–H and O–H groups in total. The number of likely N-dealkylation sites (tertiary alicyclic amines) is 1. The summed E-state index contributed by atoms with van der Waals surface area (Å²) in [6.45, 7) is 0.983. The first kappa shape index (κ1) is 28.4. The maximum atomic E-state index is 13.8. The van der Waals surface area contributed by atoms with Crippen LogP contribution in [0.15, 0.2) is 59.4 Å². The highest BCUT2D eigenvalue weighted by molar-refractivity contribution is 5.80. The zero-order valence-electron chi connectivity index (χ0n) is 22.1. The number of hydroxylamine groups is 1. The maximum absolute atomic E-state index is 13.8. The molecule has 10 nitrogen and oxygen atoms in total. The largest absolute Gasteiger partial charge is 0.493 e. The van der Waals surface area contributed by atoms with E-state index in [4.69, 9.17) is 10.6 Å². The van der Waals surface area contributed by atoms with Gasteiger partial charge in [0.2, 0.25) is 11.8 Å². The molecule has 3 heterocycles. The number of anilines is 3. The summed E-state index contributed by atoms with van der Waals surface area (Å²) in [6, 6.07) is 14.4. The molecule has 3 aromatic rings. The molecule has 0 spiro atoms. The van der Waals surface area contributed by atoms with Gasteiger partial charge in [0.15, 0.2) is 12.0 Å². The van der Waals surface area contributed by atoms with Gasteiger partial charge in [0.25, 0.3) is 5.56 Å². The Hall–Kier alpha value is -4.17. The number of nitrogens with one attached hydrogen (secondary N) is 1. The number of hydrogen-bond donors (Lipinski definition) is 2. The lowest BCUT2D eigenvalue weighted by molar-refractivity contribution is -0.203. The standard InChI is InChI=1S/C27H29F4N7O3/c1-35-23(39)21-22(34-25(35)33-14-17-9-11-19(28)12-10-17)38(41-24(40)27(29,30)31)26(36-13-5-8-20(32)16-36)37(21)15-18-6-3-2-4-7-18/h2-4,6-7,9-12,20,26H,5,8,13-16,32H2,1H3,(H,33,34). The van der Waals surface area contributed by atoms with Gasteiger partial charge in [0.1, 0.15) is 5.82 Å². The van der Waals surface area contributed by atoms with Crippen molar-refractivity contribution in [3.05, 3.63) is 81.9 Å². The Bertz CT molecular complexity index is 1450. The van der Waals surface area contributed by atoms with E-state index in [-0.39, 0.29) is 36.6 Å². The SMILES string of the molecule is Cn1c(NCc2ccc(F)cc2)nc2c(c1=O)N(Cc1ccccc1)C(N1CCCC(N)C1)N2OC(=O)C(F)(F)F. The molecule has 0 aliphatic carbocycles. The number of rotatable bonds is 7. The number of nitrogens with zero attached hydrogens (tertiary/aromatic N) is 5. The molecule has 218 valence electrons. The fourth-order valence-corrected chi connectivity index (χ4v) is 5.04. The number of benzene rings is 2. The van der Waals surface area contributed by atoms with Crippen LogP contribution in [0.5, 0.6) is 0 Å². The van der Waals surface area contributed by atoms with Crippen molar-refractivity contribution in [2.75, 3.05) is 28.4 Å². The monoisotopic (exact) mass is 575 g/mol. The normalized spacial score (nSPS) is 19.3. The van der Waals surface area contributed by atoms with Crippen LogP contribution in [0.3, 0.4) is 0 Å². The minimum Gasteiger partial charge on any atom is -0.351 e. The van der Waals surface area contributed by atoms with Crippen LogP contribution in [0.25, 0.3) is 0 Å². The summed E-state index contributed by atoms with van der Waals surface area (Å²) in [5.74, 6) is -3.09. The highest BCUT2D eigenvalue weighted by Gasteiger charge is 2.50. The number of piperidine rings is 1. The van der Waals surface area contributed by atoms with Crippen molar-refractivity contribution >= 4 is 23.4 Å². The van der Waals surface area contributed by atoms with E-state index in [0.717, 1.165) is 10.6 Å². The Morgan fingerprint density at radius 1 is 1.12 bits per heavy atom. The summed E-state index contributed by atoms with van der Waals surface area (Å²) in [4.78, 5) is 38.8. The summed E-state index contributed by atoms with van der Waals surface area (Å²) in [6.07, 6.45) is -5.03. The van der Waals surface area contributed by atoms with E-state index in [9.17, 15) is 27.2 Å². The molecule has 2 aromatic carbocycles. The second kappa shape index (κ2) is 11.4. The van der Waals surface area contributed by atoms with E-state index >= 15 is 0 Å². The molecule has 2 aliphatic heterocycles. The van der Waals surface area contributed by atoms with Crippen LogP contribution in [-0.4, -0.2) is 52.0 Å². The van der Waals surface area contributed by atoms with Crippen molar-refractivity contribution < 1.29 is 27.2 Å². The summed E-state index contributed by atoms with van der Waals surface area (Å²) in [7, 11) is 1.47. The van der Waals surface area contributed by atoms with E-state index in [1.54, 1.807) is 34.1 Å². The van der Waals surface area contributed by atoms with E-state index < -0.39 is 29.8 Å². The second-order valence-corrected chi connectivity index (χ2v) is 10.0. The molecule has 0 radical (unpaired) electrons. The third-order valence-corrected chi connectivity index (χ3v) is 7.02. The fraction of sp³-hybridized carbons (Fsp3) is 0.370. The predicted octanol–water partition coefficient (Wildman–Crippen LogP) is 3.09. The smallest absolute Gasteiger partial charge is 0.351 e. The van der Waals surface area contributed by atoms with Crippen molar-refractivity contribution in [2.24, 2.45) is 12.8 Å². The Labute approximate surface area is 232 Å². The Morgan fingerprint density at radius 2 is 1.83 bits per heavy atom. The summed E-state index contributed by atoms with van der Waals surface area (Å²) in [5, 5.41) is 3.74. The molecule has 1 aromatic heterocycles. The number of halogens is 4.